The molecule has 0 amide bonds. The normalized spacial score (nSPS) is 10.9. The van der Waals surface area contributed by atoms with Crippen LogP contribution in [0.5, 0.6) is 11.5 Å². The zero-order valence-electron chi connectivity index (χ0n) is 12.4. The Morgan fingerprint density at radius 3 is 2.67 bits per heavy atom. The lowest BCUT2D eigenvalue weighted by Crippen LogP contribution is -1.99. The summed E-state index contributed by atoms with van der Waals surface area (Å²) < 4.78 is 12.0. The Balaban J connectivity index is 2.33. The molecule has 110 valence electrons. The van der Waals surface area contributed by atoms with E-state index in [1.807, 2.05) is 43.5 Å². The number of aliphatic imine (C=N–C) groups is 1. The molecule has 2 aromatic carbocycles. The highest BCUT2D eigenvalue weighted by Gasteiger charge is 2.10. The van der Waals surface area contributed by atoms with Crippen molar-refractivity contribution in [3.63, 3.8) is 0 Å². The molecule has 4 heteroatoms. The number of ether oxygens (including phenoxy) is 2. The molecule has 0 heterocycles. The second kappa shape index (κ2) is 7.45. The van der Waals surface area contributed by atoms with Gasteiger partial charge in [0.05, 0.1) is 23.0 Å². The van der Waals surface area contributed by atoms with E-state index in [2.05, 4.69) is 40.6 Å². The zero-order chi connectivity index (χ0) is 15.2. The average Bonchev–Trinajstić information content (AvgIpc) is 2.48. The van der Waals surface area contributed by atoms with Gasteiger partial charge in [-0.15, -0.1) is 0 Å². The van der Waals surface area contributed by atoms with E-state index in [9.17, 15) is 0 Å². The molecule has 3 nitrogen and oxygen atoms in total. The number of benzene rings is 2. The van der Waals surface area contributed by atoms with Gasteiger partial charge in [-0.1, -0.05) is 18.2 Å². The predicted molar refractivity (Wildman–Crippen MR) is 95.3 cm³/mol. The first kappa shape index (κ1) is 15.8. The number of aryl methyl sites for hydroxylation is 1. The summed E-state index contributed by atoms with van der Waals surface area (Å²) in [7, 11) is 1.65. The van der Waals surface area contributed by atoms with E-state index in [1.54, 1.807) is 7.11 Å². The number of rotatable bonds is 5. The van der Waals surface area contributed by atoms with Crippen molar-refractivity contribution in [3.05, 3.63) is 51.1 Å². The molecule has 21 heavy (non-hydrogen) atoms. The average molecular weight is 395 g/mol. The van der Waals surface area contributed by atoms with Crippen molar-refractivity contribution in [1.82, 2.24) is 0 Å². The fraction of sp³-hybridized carbons (Fsp3) is 0.235. The van der Waals surface area contributed by atoms with Crippen LogP contribution in [0.1, 0.15) is 18.1 Å². The summed E-state index contributed by atoms with van der Waals surface area (Å²) in [5, 5.41) is 0. The Morgan fingerprint density at radius 2 is 2.00 bits per heavy atom. The van der Waals surface area contributed by atoms with Crippen LogP contribution in [0.3, 0.4) is 0 Å². The first-order chi connectivity index (χ1) is 10.2. The van der Waals surface area contributed by atoms with Crippen LogP contribution in [-0.4, -0.2) is 19.9 Å². The number of hydrogen-bond acceptors (Lipinski definition) is 3. The van der Waals surface area contributed by atoms with E-state index in [4.69, 9.17) is 9.47 Å². The predicted octanol–water partition coefficient (Wildman–Crippen LogP) is 4.76. The maximum atomic E-state index is 5.62. The Labute approximate surface area is 139 Å². The zero-order valence-corrected chi connectivity index (χ0v) is 14.5. The van der Waals surface area contributed by atoms with Gasteiger partial charge in [-0.25, -0.2) is 0 Å². The molecule has 0 aliphatic carbocycles. The van der Waals surface area contributed by atoms with Gasteiger partial charge in [0.2, 0.25) is 0 Å². The SMILES string of the molecule is CCOc1c(I)cc(C=Nc2ccccc2C)cc1OC. The third kappa shape index (κ3) is 3.97. The lowest BCUT2D eigenvalue weighted by atomic mass is 10.2. The van der Waals surface area contributed by atoms with Gasteiger partial charge in [0.1, 0.15) is 0 Å². The third-order valence-corrected chi connectivity index (χ3v) is 3.81. The molecule has 0 spiro atoms. The molecule has 0 bridgehead atoms. The second-order valence-corrected chi connectivity index (χ2v) is 5.67. The summed E-state index contributed by atoms with van der Waals surface area (Å²) in [5.41, 5.74) is 3.12. The standard InChI is InChI=1S/C17H18INO2/c1-4-21-17-14(18)9-13(10-16(17)20-3)11-19-15-8-6-5-7-12(15)2/h5-11H,4H2,1-3H3. The van der Waals surface area contributed by atoms with Gasteiger partial charge < -0.3 is 9.47 Å². The minimum Gasteiger partial charge on any atom is -0.493 e. The minimum atomic E-state index is 0.614. The fourth-order valence-electron chi connectivity index (χ4n) is 1.95. The lowest BCUT2D eigenvalue weighted by molar-refractivity contribution is 0.308. The molecule has 0 aliphatic heterocycles. The number of halogens is 1. The molecule has 0 atom stereocenters. The summed E-state index contributed by atoms with van der Waals surface area (Å²) in [6.07, 6.45) is 1.85. The summed E-state index contributed by atoms with van der Waals surface area (Å²) >= 11 is 2.25. The van der Waals surface area contributed by atoms with Crippen LogP contribution >= 0.6 is 22.6 Å². The van der Waals surface area contributed by atoms with Gasteiger partial charge in [-0.05, 0) is 65.8 Å². The largest absolute Gasteiger partial charge is 0.493 e. The molecule has 0 radical (unpaired) electrons. The molecule has 0 aliphatic rings. The van der Waals surface area contributed by atoms with E-state index in [0.717, 1.165) is 31.9 Å². The van der Waals surface area contributed by atoms with E-state index in [-0.39, 0.29) is 0 Å². The van der Waals surface area contributed by atoms with E-state index in [1.165, 1.54) is 0 Å². The first-order valence-corrected chi connectivity index (χ1v) is 7.83. The highest BCUT2D eigenvalue weighted by Crippen LogP contribution is 2.33. The van der Waals surface area contributed by atoms with Crippen LogP contribution in [0, 0.1) is 10.5 Å². The molecule has 0 unspecified atom stereocenters. The van der Waals surface area contributed by atoms with Crippen LogP contribution < -0.4 is 9.47 Å². The third-order valence-electron chi connectivity index (χ3n) is 3.01. The second-order valence-electron chi connectivity index (χ2n) is 4.51. The molecule has 0 aromatic heterocycles. The van der Waals surface area contributed by atoms with E-state index < -0.39 is 0 Å². The van der Waals surface area contributed by atoms with Crippen molar-refractivity contribution in [2.24, 2.45) is 4.99 Å². The molecule has 0 fully saturated rings. The summed E-state index contributed by atoms with van der Waals surface area (Å²) in [6, 6.07) is 12.0. The Hall–Kier alpha value is -1.56. The Morgan fingerprint density at radius 1 is 1.24 bits per heavy atom. The molecule has 2 rings (SSSR count). The van der Waals surface area contributed by atoms with E-state index >= 15 is 0 Å². The van der Waals surface area contributed by atoms with Gasteiger partial charge in [-0.3, -0.25) is 4.99 Å². The maximum absolute atomic E-state index is 5.62. The van der Waals surface area contributed by atoms with Crippen LogP contribution in [0.4, 0.5) is 5.69 Å². The molecular formula is C17H18INO2. The molecule has 0 saturated heterocycles. The molecule has 0 N–H and O–H groups in total. The minimum absolute atomic E-state index is 0.614. The van der Waals surface area contributed by atoms with Crippen LogP contribution in [-0.2, 0) is 0 Å². The lowest BCUT2D eigenvalue weighted by Gasteiger charge is -2.12. The van der Waals surface area contributed by atoms with Crippen molar-refractivity contribution < 1.29 is 9.47 Å². The smallest absolute Gasteiger partial charge is 0.174 e. The quantitative estimate of drug-likeness (QED) is 0.540. The molecule has 2 aromatic rings. The van der Waals surface area contributed by atoms with Gasteiger partial charge in [0, 0.05) is 6.21 Å². The molecular weight excluding hydrogens is 377 g/mol. The van der Waals surface area contributed by atoms with Crippen LogP contribution in [0.25, 0.3) is 0 Å². The highest BCUT2D eigenvalue weighted by molar-refractivity contribution is 14.1. The van der Waals surface area contributed by atoms with Crippen LogP contribution in [0.2, 0.25) is 0 Å². The number of hydrogen-bond donors (Lipinski definition) is 0. The fourth-order valence-corrected chi connectivity index (χ4v) is 2.73. The number of nitrogens with zero attached hydrogens (tertiary/aromatic N) is 1. The van der Waals surface area contributed by atoms with Gasteiger partial charge in [0.15, 0.2) is 11.5 Å². The van der Waals surface area contributed by atoms with Crippen molar-refractivity contribution in [1.29, 1.82) is 0 Å². The highest BCUT2D eigenvalue weighted by atomic mass is 127. The summed E-state index contributed by atoms with van der Waals surface area (Å²) in [4.78, 5) is 4.54. The van der Waals surface area contributed by atoms with Gasteiger partial charge in [0.25, 0.3) is 0 Å². The molecule has 0 saturated carbocycles. The van der Waals surface area contributed by atoms with Crippen molar-refractivity contribution in [2.75, 3.05) is 13.7 Å². The topological polar surface area (TPSA) is 30.8 Å². The van der Waals surface area contributed by atoms with Gasteiger partial charge in [-0.2, -0.15) is 0 Å². The van der Waals surface area contributed by atoms with Crippen molar-refractivity contribution >= 4 is 34.5 Å². The monoisotopic (exact) mass is 395 g/mol. The number of methoxy groups -OCH3 is 1. The summed E-state index contributed by atoms with van der Waals surface area (Å²) in [5.74, 6) is 1.52. The number of para-hydroxylation sites is 1. The Kier molecular flexibility index (Phi) is 5.61. The first-order valence-electron chi connectivity index (χ1n) is 6.75. The summed E-state index contributed by atoms with van der Waals surface area (Å²) in [6.45, 7) is 4.63. The Bertz CT molecular complexity index is 653. The van der Waals surface area contributed by atoms with Crippen molar-refractivity contribution in [3.8, 4) is 11.5 Å². The maximum Gasteiger partial charge on any atom is 0.174 e. The van der Waals surface area contributed by atoms with Gasteiger partial charge >= 0.3 is 0 Å². The van der Waals surface area contributed by atoms with E-state index in [0.29, 0.717) is 6.61 Å². The van der Waals surface area contributed by atoms with Crippen molar-refractivity contribution in [2.45, 2.75) is 13.8 Å². The van der Waals surface area contributed by atoms with Crippen LogP contribution in [0.15, 0.2) is 41.4 Å².